The normalized spacial score (nSPS) is 16.1. The zero-order chi connectivity index (χ0) is 15.1. The van der Waals surface area contributed by atoms with Crippen LogP contribution in [0.1, 0.15) is 41.9 Å². The van der Waals surface area contributed by atoms with E-state index < -0.39 is 16.0 Å². The number of carboxylic acids is 1. The van der Waals surface area contributed by atoms with Crippen LogP contribution >= 0.6 is 11.3 Å². The largest absolute Gasteiger partial charge is 0.477 e. The Balaban J connectivity index is 2.46. The van der Waals surface area contributed by atoms with Crippen molar-refractivity contribution in [2.45, 2.75) is 44.6 Å². The van der Waals surface area contributed by atoms with Gasteiger partial charge in [0, 0.05) is 12.6 Å². The van der Waals surface area contributed by atoms with Crippen molar-refractivity contribution in [1.29, 1.82) is 0 Å². The fourth-order valence-corrected chi connectivity index (χ4v) is 5.46. The molecule has 1 fully saturated rings. The molecule has 112 valence electrons. The zero-order valence-electron chi connectivity index (χ0n) is 11.8. The summed E-state index contributed by atoms with van der Waals surface area (Å²) in [6.07, 6.45) is 2.10. The van der Waals surface area contributed by atoms with Gasteiger partial charge in [0.15, 0.2) is 0 Å². The number of rotatable bonds is 6. The number of hydrogen-bond donors (Lipinski definition) is 1. The van der Waals surface area contributed by atoms with Crippen LogP contribution in [0.15, 0.2) is 10.3 Å². The van der Waals surface area contributed by atoms with Gasteiger partial charge in [0.25, 0.3) is 0 Å². The molecule has 0 amide bonds. The van der Waals surface area contributed by atoms with Gasteiger partial charge < -0.3 is 5.11 Å². The van der Waals surface area contributed by atoms with Gasteiger partial charge in [0.05, 0.1) is 0 Å². The fourth-order valence-electron chi connectivity index (χ4n) is 2.16. The predicted molar refractivity (Wildman–Crippen MR) is 77.8 cm³/mol. The molecule has 0 aromatic carbocycles. The molecule has 0 bridgehead atoms. The molecule has 0 saturated heterocycles. The molecular weight excluding hydrogens is 298 g/mol. The SMILES string of the molecule is Cc1csc(C(=O)O)c1S(=O)(=O)N(CC1CC1)C(C)C. The molecule has 1 N–H and O–H groups in total. The number of carbonyl (C=O) groups is 1. The third-order valence-electron chi connectivity index (χ3n) is 3.39. The summed E-state index contributed by atoms with van der Waals surface area (Å²) in [6.45, 7) is 5.77. The van der Waals surface area contributed by atoms with E-state index in [1.165, 1.54) is 4.31 Å². The summed E-state index contributed by atoms with van der Waals surface area (Å²) in [5.41, 5.74) is 0.508. The van der Waals surface area contributed by atoms with Crippen molar-refractivity contribution in [3.63, 3.8) is 0 Å². The fraction of sp³-hybridized carbons (Fsp3) is 0.615. The number of aryl methyl sites for hydroxylation is 1. The number of aromatic carboxylic acids is 1. The molecule has 0 atom stereocenters. The number of hydrogen-bond acceptors (Lipinski definition) is 4. The van der Waals surface area contributed by atoms with Crippen molar-refractivity contribution in [1.82, 2.24) is 4.31 Å². The molecule has 1 aliphatic carbocycles. The van der Waals surface area contributed by atoms with E-state index in [4.69, 9.17) is 0 Å². The number of sulfonamides is 1. The van der Waals surface area contributed by atoms with Crippen LogP contribution in [-0.4, -0.2) is 36.4 Å². The number of thiophene rings is 1. The van der Waals surface area contributed by atoms with Crippen LogP contribution in [-0.2, 0) is 10.0 Å². The molecule has 5 nitrogen and oxygen atoms in total. The number of carboxylic acid groups (broad SMARTS) is 1. The van der Waals surface area contributed by atoms with Crippen LogP contribution in [0, 0.1) is 12.8 Å². The Hall–Kier alpha value is -0.920. The summed E-state index contributed by atoms with van der Waals surface area (Å²) in [5.74, 6) is -0.767. The summed E-state index contributed by atoms with van der Waals surface area (Å²) in [6, 6.07) is -0.179. The Bertz CT molecular complexity index is 614. The van der Waals surface area contributed by atoms with Gasteiger partial charge in [0.1, 0.15) is 9.77 Å². The van der Waals surface area contributed by atoms with Gasteiger partial charge in [-0.3, -0.25) is 0 Å². The van der Waals surface area contributed by atoms with Gasteiger partial charge >= 0.3 is 5.97 Å². The molecule has 2 rings (SSSR count). The summed E-state index contributed by atoms with van der Waals surface area (Å²) in [5, 5.41) is 10.8. The minimum Gasteiger partial charge on any atom is -0.477 e. The van der Waals surface area contributed by atoms with Gasteiger partial charge in [-0.15, -0.1) is 11.3 Å². The molecule has 20 heavy (non-hydrogen) atoms. The van der Waals surface area contributed by atoms with E-state index in [1.54, 1.807) is 12.3 Å². The molecule has 1 aromatic heterocycles. The molecule has 1 aliphatic rings. The van der Waals surface area contributed by atoms with E-state index in [0.29, 0.717) is 18.0 Å². The third kappa shape index (κ3) is 2.89. The Morgan fingerprint density at radius 3 is 2.55 bits per heavy atom. The minimum absolute atomic E-state index is 0.0376. The van der Waals surface area contributed by atoms with Gasteiger partial charge in [0.2, 0.25) is 10.0 Å². The maximum Gasteiger partial charge on any atom is 0.347 e. The monoisotopic (exact) mass is 317 g/mol. The summed E-state index contributed by atoms with van der Waals surface area (Å²) >= 11 is 0.969. The van der Waals surface area contributed by atoms with Crippen molar-refractivity contribution < 1.29 is 18.3 Å². The van der Waals surface area contributed by atoms with Crippen molar-refractivity contribution in [3.05, 3.63) is 15.8 Å². The molecule has 0 radical (unpaired) electrons. The van der Waals surface area contributed by atoms with Crippen LogP contribution in [0.4, 0.5) is 0 Å². The molecule has 0 aliphatic heterocycles. The molecule has 0 spiro atoms. The molecule has 1 saturated carbocycles. The lowest BCUT2D eigenvalue weighted by Gasteiger charge is -2.26. The summed E-state index contributed by atoms with van der Waals surface area (Å²) < 4.78 is 27.1. The first kappa shape index (κ1) is 15.5. The van der Waals surface area contributed by atoms with Crippen molar-refractivity contribution in [3.8, 4) is 0 Å². The molecule has 0 unspecified atom stereocenters. The summed E-state index contributed by atoms with van der Waals surface area (Å²) in [7, 11) is -3.76. The highest BCUT2D eigenvalue weighted by molar-refractivity contribution is 7.89. The molecule has 1 heterocycles. The van der Waals surface area contributed by atoms with Crippen LogP contribution in [0.2, 0.25) is 0 Å². The van der Waals surface area contributed by atoms with Crippen molar-refractivity contribution in [2.75, 3.05) is 6.54 Å². The maximum absolute atomic E-state index is 12.8. The second-order valence-corrected chi connectivity index (χ2v) is 8.20. The second-order valence-electron chi connectivity index (χ2n) is 5.49. The molecule has 7 heteroatoms. The highest BCUT2D eigenvalue weighted by atomic mass is 32.2. The van der Waals surface area contributed by atoms with E-state index in [0.717, 1.165) is 24.2 Å². The van der Waals surface area contributed by atoms with Gasteiger partial charge in [-0.05, 0) is 50.5 Å². The van der Waals surface area contributed by atoms with E-state index in [1.807, 2.05) is 13.8 Å². The Kier molecular flexibility index (Phi) is 4.22. The lowest BCUT2D eigenvalue weighted by atomic mass is 10.3. The van der Waals surface area contributed by atoms with E-state index in [2.05, 4.69) is 0 Å². The smallest absolute Gasteiger partial charge is 0.347 e. The average Bonchev–Trinajstić information content (AvgIpc) is 3.06. The highest BCUT2D eigenvalue weighted by Gasteiger charge is 2.37. The topological polar surface area (TPSA) is 74.7 Å². The highest BCUT2D eigenvalue weighted by Crippen LogP contribution is 2.35. The van der Waals surface area contributed by atoms with E-state index >= 15 is 0 Å². The molecular formula is C13H19NO4S2. The van der Waals surface area contributed by atoms with Crippen LogP contribution in [0.25, 0.3) is 0 Å². The van der Waals surface area contributed by atoms with E-state index in [9.17, 15) is 18.3 Å². The Labute approximate surface area is 123 Å². The maximum atomic E-state index is 12.8. The third-order valence-corrected chi connectivity index (χ3v) is 6.84. The minimum atomic E-state index is -3.76. The van der Waals surface area contributed by atoms with Gasteiger partial charge in [-0.1, -0.05) is 0 Å². The first-order valence-electron chi connectivity index (χ1n) is 6.58. The Morgan fingerprint density at radius 1 is 1.50 bits per heavy atom. The molecule has 1 aromatic rings. The van der Waals surface area contributed by atoms with Crippen LogP contribution in [0.5, 0.6) is 0 Å². The lowest BCUT2D eigenvalue weighted by molar-refractivity contribution is 0.0698. The van der Waals surface area contributed by atoms with Crippen molar-refractivity contribution >= 4 is 27.3 Å². The standard InChI is InChI=1S/C13H19NO4S2/c1-8(2)14(6-10-4-5-10)20(17,18)12-9(3)7-19-11(12)13(15)16/h7-8,10H,4-6H2,1-3H3,(H,15,16). The summed E-state index contributed by atoms with van der Waals surface area (Å²) in [4.78, 5) is 11.1. The zero-order valence-corrected chi connectivity index (χ0v) is 13.4. The van der Waals surface area contributed by atoms with E-state index in [-0.39, 0.29) is 15.8 Å². The second kappa shape index (κ2) is 5.46. The first-order valence-corrected chi connectivity index (χ1v) is 8.90. The average molecular weight is 317 g/mol. The number of nitrogens with zero attached hydrogens (tertiary/aromatic N) is 1. The van der Waals surface area contributed by atoms with Gasteiger partial charge in [-0.25, -0.2) is 13.2 Å². The first-order chi connectivity index (χ1) is 9.25. The van der Waals surface area contributed by atoms with Crippen LogP contribution in [0.3, 0.4) is 0 Å². The quantitative estimate of drug-likeness (QED) is 0.875. The Morgan fingerprint density at radius 2 is 2.10 bits per heavy atom. The van der Waals surface area contributed by atoms with Gasteiger partial charge in [-0.2, -0.15) is 4.31 Å². The van der Waals surface area contributed by atoms with Crippen LogP contribution < -0.4 is 0 Å². The lowest BCUT2D eigenvalue weighted by Crippen LogP contribution is -2.39. The van der Waals surface area contributed by atoms with Crippen molar-refractivity contribution in [2.24, 2.45) is 5.92 Å². The predicted octanol–water partition coefficient (Wildman–Crippen LogP) is 2.56.